The summed E-state index contributed by atoms with van der Waals surface area (Å²) in [7, 11) is 0. The average Bonchev–Trinajstić information content (AvgIpc) is 2.70. The van der Waals surface area contributed by atoms with Gasteiger partial charge in [0.2, 0.25) is 0 Å². The average molecular weight is 390 g/mol. The standard InChI is InChI=1S/C23H28F2O3/c24-23(25,22(26)27)17-9-4-2-1-3-6-10-19-13-15-21(16-14-19)28-18-20-11-7-5-8-12-20/h5,7-8,11-16H,1-4,6,9-10,17-18H2,(H,26,27). The van der Waals surface area contributed by atoms with Crippen molar-refractivity contribution in [3.8, 4) is 5.75 Å². The van der Waals surface area contributed by atoms with Gasteiger partial charge in [0.25, 0.3) is 0 Å². The molecule has 0 saturated carbocycles. The molecule has 0 aliphatic heterocycles. The smallest absolute Gasteiger partial charge is 0.374 e. The lowest BCUT2D eigenvalue weighted by atomic mass is 10.0. The minimum absolute atomic E-state index is 0.254. The van der Waals surface area contributed by atoms with E-state index in [0.717, 1.165) is 43.4 Å². The fourth-order valence-corrected chi connectivity index (χ4v) is 2.98. The second kappa shape index (κ2) is 11.4. The Morgan fingerprint density at radius 1 is 0.821 bits per heavy atom. The first-order valence-corrected chi connectivity index (χ1v) is 9.84. The van der Waals surface area contributed by atoms with Gasteiger partial charge in [0.1, 0.15) is 12.4 Å². The maximum absolute atomic E-state index is 12.9. The number of carboxylic acids is 1. The monoisotopic (exact) mass is 390 g/mol. The van der Waals surface area contributed by atoms with Gasteiger partial charge in [0.05, 0.1) is 0 Å². The molecule has 0 aliphatic carbocycles. The van der Waals surface area contributed by atoms with E-state index in [4.69, 9.17) is 9.84 Å². The number of rotatable bonds is 13. The summed E-state index contributed by atoms with van der Waals surface area (Å²) < 4.78 is 31.6. The van der Waals surface area contributed by atoms with Crippen molar-refractivity contribution < 1.29 is 23.4 Å². The summed E-state index contributed by atoms with van der Waals surface area (Å²) in [5.74, 6) is -4.76. The summed E-state index contributed by atoms with van der Waals surface area (Å²) in [5.41, 5.74) is 2.39. The molecular weight excluding hydrogens is 362 g/mol. The predicted molar refractivity (Wildman–Crippen MR) is 106 cm³/mol. The Balaban J connectivity index is 1.54. The molecule has 2 aromatic carbocycles. The first-order chi connectivity index (χ1) is 13.5. The maximum Gasteiger partial charge on any atom is 0.374 e. The van der Waals surface area contributed by atoms with E-state index >= 15 is 0 Å². The zero-order valence-corrected chi connectivity index (χ0v) is 16.1. The third kappa shape index (κ3) is 8.07. The van der Waals surface area contributed by atoms with Crippen molar-refractivity contribution in [3.05, 3.63) is 65.7 Å². The van der Waals surface area contributed by atoms with Crippen LogP contribution in [-0.4, -0.2) is 17.0 Å². The summed E-state index contributed by atoms with van der Waals surface area (Å²) in [6, 6.07) is 18.2. The molecule has 0 amide bonds. The van der Waals surface area contributed by atoms with Crippen LogP contribution in [0, 0.1) is 0 Å². The highest BCUT2D eigenvalue weighted by atomic mass is 19.3. The molecule has 3 nitrogen and oxygen atoms in total. The lowest BCUT2D eigenvalue weighted by Crippen LogP contribution is -2.27. The molecule has 5 heteroatoms. The van der Waals surface area contributed by atoms with E-state index in [9.17, 15) is 13.6 Å². The summed E-state index contributed by atoms with van der Waals surface area (Å²) >= 11 is 0. The number of hydrogen-bond donors (Lipinski definition) is 1. The Morgan fingerprint density at radius 2 is 1.43 bits per heavy atom. The lowest BCUT2D eigenvalue weighted by molar-refractivity contribution is -0.165. The first-order valence-electron chi connectivity index (χ1n) is 9.84. The number of carbonyl (C=O) groups is 1. The van der Waals surface area contributed by atoms with Gasteiger partial charge in [-0.2, -0.15) is 8.78 Å². The van der Waals surface area contributed by atoms with Gasteiger partial charge in [-0.1, -0.05) is 68.1 Å². The van der Waals surface area contributed by atoms with Gasteiger partial charge in [0, 0.05) is 6.42 Å². The van der Waals surface area contributed by atoms with Crippen LogP contribution in [-0.2, 0) is 17.8 Å². The van der Waals surface area contributed by atoms with Crippen LogP contribution in [0.4, 0.5) is 8.78 Å². The van der Waals surface area contributed by atoms with Crippen LogP contribution in [0.3, 0.4) is 0 Å². The fourth-order valence-electron chi connectivity index (χ4n) is 2.98. The van der Waals surface area contributed by atoms with Gasteiger partial charge in [0.15, 0.2) is 0 Å². The molecule has 0 fully saturated rings. The number of ether oxygens (including phenoxy) is 1. The van der Waals surface area contributed by atoms with E-state index in [-0.39, 0.29) is 6.42 Å². The van der Waals surface area contributed by atoms with E-state index in [0.29, 0.717) is 13.0 Å². The molecule has 0 radical (unpaired) electrons. The third-order valence-corrected chi connectivity index (χ3v) is 4.69. The van der Waals surface area contributed by atoms with Crippen LogP contribution in [0.25, 0.3) is 0 Å². The zero-order chi connectivity index (χ0) is 20.2. The van der Waals surface area contributed by atoms with E-state index in [1.807, 2.05) is 42.5 Å². The third-order valence-electron chi connectivity index (χ3n) is 4.69. The van der Waals surface area contributed by atoms with E-state index in [2.05, 4.69) is 12.1 Å². The minimum Gasteiger partial charge on any atom is -0.489 e. The van der Waals surface area contributed by atoms with Crippen molar-refractivity contribution in [1.29, 1.82) is 0 Å². The minimum atomic E-state index is -3.59. The van der Waals surface area contributed by atoms with Gasteiger partial charge in [-0.3, -0.25) is 0 Å². The molecule has 0 bridgehead atoms. The topological polar surface area (TPSA) is 46.5 Å². The highest BCUT2D eigenvalue weighted by Crippen LogP contribution is 2.22. The van der Waals surface area contributed by atoms with Gasteiger partial charge < -0.3 is 9.84 Å². The molecule has 0 unspecified atom stereocenters. The van der Waals surface area contributed by atoms with Crippen LogP contribution in [0.15, 0.2) is 54.6 Å². The van der Waals surface area contributed by atoms with Crippen LogP contribution in [0.5, 0.6) is 5.75 Å². The number of carboxylic acid groups (broad SMARTS) is 1. The van der Waals surface area contributed by atoms with Crippen LogP contribution in [0.2, 0.25) is 0 Å². The molecule has 1 N–H and O–H groups in total. The Kier molecular flexibility index (Phi) is 8.92. The molecule has 0 aliphatic rings. The molecule has 152 valence electrons. The Hall–Kier alpha value is -2.43. The van der Waals surface area contributed by atoms with Crippen molar-refractivity contribution in [1.82, 2.24) is 0 Å². The van der Waals surface area contributed by atoms with Crippen molar-refractivity contribution in [3.63, 3.8) is 0 Å². The summed E-state index contributed by atoms with van der Waals surface area (Å²) in [5, 5.41) is 8.36. The Bertz CT molecular complexity index is 700. The van der Waals surface area contributed by atoms with Crippen molar-refractivity contribution in [2.24, 2.45) is 0 Å². The summed E-state index contributed by atoms with van der Waals surface area (Å²) in [6.07, 6.45) is 5.26. The number of alkyl halides is 2. The Labute approximate surface area is 165 Å². The van der Waals surface area contributed by atoms with Crippen LogP contribution >= 0.6 is 0 Å². The van der Waals surface area contributed by atoms with E-state index in [1.54, 1.807) is 0 Å². The fraction of sp³-hybridized carbons (Fsp3) is 0.435. The summed E-state index contributed by atoms with van der Waals surface area (Å²) in [6.45, 7) is 0.554. The molecule has 0 saturated heterocycles. The van der Waals surface area contributed by atoms with Gasteiger partial charge >= 0.3 is 11.9 Å². The number of benzene rings is 2. The van der Waals surface area contributed by atoms with Crippen LogP contribution in [0.1, 0.15) is 56.1 Å². The quantitative estimate of drug-likeness (QED) is 0.411. The molecule has 2 rings (SSSR count). The molecule has 2 aromatic rings. The SMILES string of the molecule is O=C(O)C(F)(F)CCCCCCCCc1ccc(OCc2ccccc2)cc1. The zero-order valence-electron chi connectivity index (χ0n) is 16.1. The molecular formula is C23H28F2O3. The Morgan fingerprint density at radius 3 is 2.07 bits per heavy atom. The number of hydrogen-bond acceptors (Lipinski definition) is 2. The van der Waals surface area contributed by atoms with Crippen LogP contribution < -0.4 is 4.74 Å². The highest BCUT2D eigenvalue weighted by molar-refractivity contribution is 5.75. The lowest BCUT2D eigenvalue weighted by Gasteiger charge is -2.10. The predicted octanol–water partition coefficient (Wildman–Crippen LogP) is 6.26. The van der Waals surface area contributed by atoms with Crippen molar-refractivity contribution >= 4 is 5.97 Å². The van der Waals surface area contributed by atoms with Gasteiger partial charge in [-0.25, -0.2) is 4.79 Å². The second-order valence-electron chi connectivity index (χ2n) is 7.05. The number of aryl methyl sites for hydroxylation is 1. The number of aliphatic carboxylic acids is 1. The van der Waals surface area contributed by atoms with E-state index in [1.165, 1.54) is 5.56 Å². The first kappa shape index (κ1) is 21.9. The summed E-state index contributed by atoms with van der Waals surface area (Å²) in [4.78, 5) is 10.3. The number of halogens is 2. The molecule has 0 spiro atoms. The van der Waals surface area contributed by atoms with Crippen molar-refractivity contribution in [2.45, 2.75) is 63.9 Å². The normalized spacial score (nSPS) is 11.4. The van der Waals surface area contributed by atoms with E-state index < -0.39 is 18.3 Å². The molecule has 0 heterocycles. The second-order valence-corrected chi connectivity index (χ2v) is 7.05. The van der Waals surface area contributed by atoms with Crippen molar-refractivity contribution in [2.75, 3.05) is 0 Å². The van der Waals surface area contributed by atoms with Gasteiger partial charge in [-0.05, 0) is 42.5 Å². The molecule has 0 aromatic heterocycles. The highest BCUT2D eigenvalue weighted by Gasteiger charge is 2.37. The van der Waals surface area contributed by atoms with Gasteiger partial charge in [-0.15, -0.1) is 0 Å². The largest absolute Gasteiger partial charge is 0.489 e. The maximum atomic E-state index is 12.9. The molecule has 0 atom stereocenters. The number of unbranched alkanes of at least 4 members (excludes halogenated alkanes) is 5. The molecule has 28 heavy (non-hydrogen) atoms.